The van der Waals surface area contributed by atoms with Crippen LogP contribution in [0.5, 0.6) is 5.75 Å². The van der Waals surface area contributed by atoms with Crippen LogP contribution in [0.15, 0.2) is 79.4 Å². The van der Waals surface area contributed by atoms with Crippen LogP contribution in [0, 0.1) is 6.92 Å². The van der Waals surface area contributed by atoms with Gasteiger partial charge in [0.15, 0.2) is 6.29 Å². The van der Waals surface area contributed by atoms with Gasteiger partial charge in [0.25, 0.3) is 0 Å². The maximum absolute atomic E-state index is 6.13. The number of ether oxygens (including phenoxy) is 3. The Morgan fingerprint density at radius 2 is 1.45 bits per heavy atom. The van der Waals surface area contributed by atoms with E-state index in [-0.39, 0.29) is 12.2 Å². The Hall–Kier alpha value is -3.08. The quantitative estimate of drug-likeness (QED) is 0.380. The van der Waals surface area contributed by atoms with Crippen LogP contribution in [0.1, 0.15) is 37.8 Å². The Morgan fingerprint density at radius 1 is 0.909 bits per heavy atom. The van der Waals surface area contributed by atoms with Crippen LogP contribution in [0.25, 0.3) is 5.57 Å². The molecule has 0 radical (unpaired) electrons. The minimum atomic E-state index is -0.403. The fourth-order valence-electron chi connectivity index (χ4n) is 4.16. The van der Waals surface area contributed by atoms with E-state index >= 15 is 0 Å². The summed E-state index contributed by atoms with van der Waals surface area (Å²) in [4.78, 5) is 2.23. The highest BCUT2D eigenvalue weighted by Crippen LogP contribution is 2.37. The molecule has 0 saturated carbocycles. The van der Waals surface area contributed by atoms with Gasteiger partial charge in [0, 0.05) is 22.6 Å². The van der Waals surface area contributed by atoms with E-state index in [0.29, 0.717) is 0 Å². The van der Waals surface area contributed by atoms with E-state index in [1.54, 1.807) is 7.11 Å². The van der Waals surface area contributed by atoms with Crippen molar-refractivity contribution in [2.24, 2.45) is 0 Å². The summed E-state index contributed by atoms with van der Waals surface area (Å²) in [5.41, 5.74) is 6.32. The molecule has 3 atom stereocenters. The first-order chi connectivity index (χ1) is 16.0. The van der Waals surface area contributed by atoms with Gasteiger partial charge in [-0.05, 0) is 80.8 Å². The molecule has 0 aromatic heterocycles. The third-order valence-corrected chi connectivity index (χ3v) is 6.13. The molecule has 1 aliphatic heterocycles. The Labute approximate surface area is 197 Å². The molecule has 0 amide bonds. The number of aryl methyl sites for hydroxylation is 1. The summed E-state index contributed by atoms with van der Waals surface area (Å²) < 4.78 is 17.5. The van der Waals surface area contributed by atoms with Crippen molar-refractivity contribution in [3.05, 3.63) is 90.5 Å². The number of hydrogen-bond donors (Lipinski definition) is 0. The topological polar surface area (TPSA) is 30.9 Å². The van der Waals surface area contributed by atoms with Gasteiger partial charge < -0.3 is 19.1 Å². The molecule has 0 N–H and O–H groups in total. The van der Waals surface area contributed by atoms with Crippen molar-refractivity contribution in [1.29, 1.82) is 0 Å². The van der Waals surface area contributed by atoms with E-state index in [4.69, 9.17) is 14.2 Å². The van der Waals surface area contributed by atoms with E-state index < -0.39 is 6.29 Å². The number of anilines is 3. The smallest absolute Gasteiger partial charge is 0.184 e. The van der Waals surface area contributed by atoms with Gasteiger partial charge in [-0.1, -0.05) is 43.3 Å². The molecule has 0 bridgehead atoms. The van der Waals surface area contributed by atoms with Gasteiger partial charge in [-0.15, -0.1) is 0 Å². The third kappa shape index (κ3) is 5.29. The molecule has 4 rings (SSSR count). The van der Waals surface area contributed by atoms with Crippen LogP contribution in [-0.4, -0.2) is 25.6 Å². The lowest BCUT2D eigenvalue weighted by atomic mass is 10.0. The number of hydrogen-bond acceptors (Lipinski definition) is 4. The monoisotopic (exact) mass is 443 g/mol. The Morgan fingerprint density at radius 3 is 2.00 bits per heavy atom. The second kappa shape index (κ2) is 10.2. The number of rotatable bonds is 7. The Kier molecular flexibility index (Phi) is 7.17. The fraction of sp³-hybridized carbons (Fsp3) is 0.310. The molecule has 4 heteroatoms. The number of benzene rings is 3. The average molecular weight is 444 g/mol. The van der Waals surface area contributed by atoms with Gasteiger partial charge >= 0.3 is 0 Å². The zero-order chi connectivity index (χ0) is 23.4. The van der Waals surface area contributed by atoms with Gasteiger partial charge in [-0.3, -0.25) is 0 Å². The van der Waals surface area contributed by atoms with Crippen LogP contribution in [-0.2, 0) is 9.47 Å². The van der Waals surface area contributed by atoms with E-state index in [1.165, 1.54) is 5.56 Å². The molecule has 3 aromatic rings. The lowest BCUT2D eigenvalue weighted by Gasteiger charge is -2.35. The van der Waals surface area contributed by atoms with Crippen molar-refractivity contribution in [1.82, 2.24) is 0 Å². The summed E-state index contributed by atoms with van der Waals surface area (Å²) in [6.07, 6.45) is 1.87. The average Bonchev–Trinajstić information content (AvgIpc) is 2.85. The van der Waals surface area contributed by atoms with Gasteiger partial charge in [0.2, 0.25) is 0 Å². The summed E-state index contributed by atoms with van der Waals surface area (Å²) in [7, 11) is 1.68. The van der Waals surface area contributed by atoms with Gasteiger partial charge in [-0.2, -0.15) is 0 Å². The summed E-state index contributed by atoms with van der Waals surface area (Å²) in [6, 6.07) is 25.1. The summed E-state index contributed by atoms with van der Waals surface area (Å²) >= 11 is 0. The molecule has 3 aromatic carbocycles. The first-order valence-electron chi connectivity index (χ1n) is 11.6. The normalized spacial score (nSPS) is 20.3. The molecular formula is C29H33NO3. The second-order valence-electron chi connectivity index (χ2n) is 8.62. The maximum Gasteiger partial charge on any atom is 0.184 e. The molecule has 1 fully saturated rings. The molecule has 3 unspecified atom stereocenters. The van der Waals surface area contributed by atoms with Crippen molar-refractivity contribution in [3.63, 3.8) is 0 Å². The van der Waals surface area contributed by atoms with Crippen molar-refractivity contribution in [2.75, 3.05) is 12.0 Å². The standard InChI is InChI=1S/C29H33NO3/c1-6-27-19-21(3)32-29(33-27)22(4)23-9-13-25(14-10-23)30(24-11-7-20(2)8-12-24)26-15-17-28(31-5)18-16-26/h7-18,21,27,29H,4,6,19H2,1-3,5H3. The maximum atomic E-state index is 6.13. The summed E-state index contributed by atoms with van der Waals surface area (Å²) in [5.74, 6) is 0.835. The van der Waals surface area contributed by atoms with Gasteiger partial charge in [0.05, 0.1) is 19.3 Å². The predicted molar refractivity (Wildman–Crippen MR) is 136 cm³/mol. The van der Waals surface area contributed by atoms with Crippen LogP contribution in [0.3, 0.4) is 0 Å². The molecule has 1 saturated heterocycles. The first-order valence-corrected chi connectivity index (χ1v) is 11.6. The highest BCUT2D eigenvalue weighted by Gasteiger charge is 2.29. The second-order valence-corrected chi connectivity index (χ2v) is 8.62. The van der Waals surface area contributed by atoms with Crippen LogP contribution in [0.4, 0.5) is 17.1 Å². The molecular weight excluding hydrogens is 410 g/mol. The minimum Gasteiger partial charge on any atom is -0.497 e. The van der Waals surface area contributed by atoms with Crippen molar-refractivity contribution in [3.8, 4) is 5.75 Å². The molecule has 33 heavy (non-hydrogen) atoms. The molecule has 4 nitrogen and oxygen atoms in total. The van der Waals surface area contributed by atoms with Gasteiger partial charge in [-0.25, -0.2) is 0 Å². The van der Waals surface area contributed by atoms with E-state index in [1.807, 2.05) is 12.1 Å². The highest BCUT2D eigenvalue weighted by molar-refractivity contribution is 5.78. The van der Waals surface area contributed by atoms with Crippen molar-refractivity contribution in [2.45, 2.75) is 52.1 Å². The molecule has 0 aliphatic carbocycles. The molecule has 0 spiro atoms. The van der Waals surface area contributed by atoms with E-state index in [2.05, 4.69) is 92.9 Å². The predicted octanol–water partition coefficient (Wildman–Crippen LogP) is 7.42. The van der Waals surface area contributed by atoms with Crippen molar-refractivity contribution < 1.29 is 14.2 Å². The summed E-state index contributed by atoms with van der Waals surface area (Å²) in [5, 5.41) is 0. The lowest BCUT2D eigenvalue weighted by Crippen LogP contribution is -2.37. The number of nitrogens with zero attached hydrogens (tertiary/aromatic N) is 1. The zero-order valence-corrected chi connectivity index (χ0v) is 20.0. The molecule has 1 heterocycles. The molecule has 172 valence electrons. The van der Waals surface area contributed by atoms with E-state index in [9.17, 15) is 0 Å². The van der Waals surface area contributed by atoms with E-state index in [0.717, 1.165) is 46.8 Å². The van der Waals surface area contributed by atoms with Crippen molar-refractivity contribution >= 4 is 22.6 Å². The third-order valence-electron chi connectivity index (χ3n) is 6.13. The largest absolute Gasteiger partial charge is 0.497 e. The van der Waals surface area contributed by atoms with Gasteiger partial charge in [0.1, 0.15) is 5.75 Å². The number of methoxy groups -OCH3 is 1. The van der Waals surface area contributed by atoms with Crippen LogP contribution >= 0.6 is 0 Å². The SMILES string of the molecule is C=C(c1ccc(N(c2ccc(C)cc2)c2ccc(OC)cc2)cc1)C1OC(C)CC(CC)O1. The first kappa shape index (κ1) is 23.1. The lowest BCUT2D eigenvalue weighted by molar-refractivity contribution is -0.209. The highest BCUT2D eigenvalue weighted by atomic mass is 16.7. The molecule has 1 aliphatic rings. The Balaban J connectivity index is 1.62. The summed E-state index contributed by atoms with van der Waals surface area (Å²) in [6.45, 7) is 10.6. The van der Waals surface area contributed by atoms with Crippen LogP contribution < -0.4 is 9.64 Å². The fourth-order valence-corrected chi connectivity index (χ4v) is 4.16. The van der Waals surface area contributed by atoms with Crippen LogP contribution in [0.2, 0.25) is 0 Å². The Bertz CT molecular complexity index is 1060. The minimum absolute atomic E-state index is 0.164. The zero-order valence-electron chi connectivity index (χ0n) is 20.0.